The molecular formula is C19H30FN. The molecule has 0 heterocycles. The highest BCUT2D eigenvalue weighted by Crippen LogP contribution is 2.38. The van der Waals surface area contributed by atoms with Crippen molar-refractivity contribution in [2.75, 3.05) is 6.54 Å². The van der Waals surface area contributed by atoms with Crippen LogP contribution in [0.2, 0.25) is 0 Å². The van der Waals surface area contributed by atoms with Gasteiger partial charge in [-0.1, -0.05) is 39.2 Å². The average molecular weight is 291 g/mol. The van der Waals surface area contributed by atoms with E-state index < -0.39 is 0 Å². The largest absolute Gasteiger partial charge is 0.310 e. The van der Waals surface area contributed by atoms with Crippen LogP contribution in [-0.2, 0) is 0 Å². The van der Waals surface area contributed by atoms with Crippen molar-refractivity contribution in [3.63, 3.8) is 0 Å². The Morgan fingerprint density at radius 2 is 1.90 bits per heavy atom. The second-order valence-electron chi connectivity index (χ2n) is 6.62. The summed E-state index contributed by atoms with van der Waals surface area (Å²) in [6.45, 7) is 7.59. The fourth-order valence-electron chi connectivity index (χ4n) is 3.75. The topological polar surface area (TPSA) is 12.0 Å². The monoisotopic (exact) mass is 291 g/mol. The van der Waals surface area contributed by atoms with Gasteiger partial charge in [0.2, 0.25) is 0 Å². The molecule has 0 bridgehead atoms. The molecule has 0 aromatic heterocycles. The van der Waals surface area contributed by atoms with Crippen molar-refractivity contribution in [3.8, 4) is 0 Å². The van der Waals surface area contributed by atoms with Gasteiger partial charge in [-0.05, 0) is 67.8 Å². The molecule has 1 nitrogen and oxygen atoms in total. The van der Waals surface area contributed by atoms with E-state index in [0.29, 0.717) is 12.0 Å². The predicted molar refractivity (Wildman–Crippen MR) is 87.9 cm³/mol. The Kier molecular flexibility index (Phi) is 6.22. The van der Waals surface area contributed by atoms with Gasteiger partial charge in [0.15, 0.2) is 0 Å². The third-order valence-electron chi connectivity index (χ3n) is 5.12. The summed E-state index contributed by atoms with van der Waals surface area (Å²) in [5, 5.41) is 3.73. The summed E-state index contributed by atoms with van der Waals surface area (Å²) >= 11 is 0. The van der Waals surface area contributed by atoms with E-state index in [-0.39, 0.29) is 5.82 Å². The first kappa shape index (κ1) is 16.5. The molecular weight excluding hydrogens is 261 g/mol. The van der Waals surface area contributed by atoms with Crippen molar-refractivity contribution in [2.24, 2.45) is 11.8 Å². The minimum atomic E-state index is -0.125. The van der Waals surface area contributed by atoms with Crippen LogP contribution in [0.15, 0.2) is 18.2 Å². The molecule has 1 aromatic rings. The lowest BCUT2D eigenvalue weighted by molar-refractivity contribution is 0.218. The van der Waals surface area contributed by atoms with Crippen molar-refractivity contribution >= 4 is 0 Å². The van der Waals surface area contributed by atoms with Crippen LogP contribution in [0.25, 0.3) is 0 Å². The maximum Gasteiger partial charge on any atom is 0.123 e. The highest BCUT2D eigenvalue weighted by atomic mass is 19.1. The zero-order chi connectivity index (χ0) is 15.2. The maximum atomic E-state index is 13.4. The van der Waals surface area contributed by atoms with E-state index in [9.17, 15) is 4.39 Å². The van der Waals surface area contributed by atoms with Crippen molar-refractivity contribution in [1.29, 1.82) is 0 Å². The molecule has 1 N–H and O–H groups in total. The van der Waals surface area contributed by atoms with E-state index in [2.05, 4.69) is 19.2 Å². The molecule has 1 unspecified atom stereocenters. The van der Waals surface area contributed by atoms with Gasteiger partial charge < -0.3 is 5.32 Å². The van der Waals surface area contributed by atoms with Gasteiger partial charge in [-0.25, -0.2) is 4.39 Å². The van der Waals surface area contributed by atoms with Crippen LogP contribution in [0, 0.1) is 24.6 Å². The number of aryl methyl sites for hydroxylation is 1. The normalized spacial score (nSPS) is 24.0. The first-order valence-corrected chi connectivity index (χ1v) is 8.65. The fraction of sp³-hybridized carbons (Fsp3) is 0.684. The quantitative estimate of drug-likeness (QED) is 0.741. The summed E-state index contributed by atoms with van der Waals surface area (Å²) in [6, 6.07) is 5.67. The average Bonchev–Trinajstić information content (AvgIpc) is 2.50. The molecule has 1 aliphatic rings. The van der Waals surface area contributed by atoms with E-state index >= 15 is 0 Å². The number of nitrogens with one attached hydrogen (secondary N) is 1. The van der Waals surface area contributed by atoms with E-state index in [1.165, 1.54) is 37.7 Å². The lowest BCUT2D eigenvalue weighted by atomic mass is 9.75. The van der Waals surface area contributed by atoms with Gasteiger partial charge in [-0.2, -0.15) is 0 Å². The van der Waals surface area contributed by atoms with Crippen molar-refractivity contribution < 1.29 is 4.39 Å². The summed E-state index contributed by atoms with van der Waals surface area (Å²) in [5.41, 5.74) is 2.38. The van der Waals surface area contributed by atoms with Crippen molar-refractivity contribution in [1.82, 2.24) is 5.32 Å². The summed E-state index contributed by atoms with van der Waals surface area (Å²) in [6.07, 6.45) is 7.77. The van der Waals surface area contributed by atoms with Gasteiger partial charge in [0.25, 0.3) is 0 Å². The van der Waals surface area contributed by atoms with Crippen LogP contribution in [0.3, 0.4) is 0 Å². The molecule has 118 valence electrons. The van der Waals surface area contributed by atoms with Crippen LogP contribution >= 0.6 is 0 Å². The van der Waals surface area contributed by atoms with E-state index in [1.807, 2.05) is 13.0 Å². The minimum Gasteiger partial charge on any atom is -0.310 e. The third-order valence-corrected chi connectivity index (χ3v) is 5.12. The van der Waals surface area contributed by atoms with Crippen LogP contribution in [0.4, 0.5) is 4.39 Å². The zero-order valence-corrected chi connectivity index (χ0v) is 13.8. The molecule has 21 heavy (non-hydrogen) atoms. The van der Waals surface area contributed by atoms with Gasteiger partial charge in [0.05, 0.1) is 0 Å². The second kappa shape index (κ2) is 7.93. The van der Waals surface area contributed by atoms with Crippen molar-refractivity contribution in [2.45, 2.75) is 65.3 Å². The number of halogens is 1. The van der Waals surface area contributed by atoms with Gasteiger partial charge in [-0.15, -0.1) is 0 Å². The second-order valence-corrected chi connectivity index (χ2v) is 6.62. The summed E-state index contributed by atoms with van der Waals surface area (Å²) in [5.74, 6) is 1.49. The molecule has 1 saturated carbocycles. The SMILES string of the molecule is CCCNC(c1ccc(F)cc1C)C1CCC(CC)CC1. The Labute approximate surface area is 129 Å². The van der Waals surface area contributed by atoms with E-state index in [1.54, 1.807) is 12.1 Å². The third kappa shape index (κ3) is 4.29. The molecule has 2 heteroatoms. The summed E-state index contributed by atoms with van der Waals surface area (Å²) < 4.78 is 13.4. The molecule has 1 aliphatic carbocycles. The summed E-state index contributed by atoms with van der Waals surface area (Å²) in [7, 11) is 0. The predicted octanol–water partition coefficient (Wildman–Crippen LogP) is 5.39. The highest BCUT2D eigenvalue weighted by Gasteiger charge is 2.28. The fourth-order valence-corrected chi connectivity index (χ4v) is 3.75. The minimum absolute atomic E-state index is 0.125. The Morgan fingerprint density at radius 3 is 2.48 bits per heavy atom. The molecule has 1 aromatic carbocycles. The number of hydrogen-bond donors (Lipinski definition) is 1. The number of rotatable bonds is 6. The molecule has 0 radical (unpaired) electrons. The van der Waals surface area contributed by atoms with Gasteiger partial charge in [0.1, 0.15) is 5.82 Å². The standard InChI is InChI=1S/C19H30FN/c1-4-12-21-19(16-8-6-15(5-2)7-9-16)18-11-10-17(20)13-14(18)3/h10-11,13,15-16,19,21H,4-9,12H2,1-3H3. The van der Waals surface area contributed by atoms with Gasteiger partial charge >= 0.3 is 0 Å². The molecule has 1 atom stereocenters. The molecule has 0 spiro atoms. The lowest BCUT2D eigenvalue weighted by Gasteiger charge is -2.35. The van der Waals surface area contributed by atoms with Crippen LogP contribution in [-0.4, -0.2) is 6.54 Å². The molecule has 0 aliphatic heterocycles. The molecule has 2 rings (SSSR count). The van der Waals surface area contributed by atoms with E-state index in [0.717, 1.165) is 24.4 Å². The van der Waals surface area contributed by atoms with Crippen molar-refractivity contribution in [3.05, 3.63) is 35.1 Å². The van der Waals surface area contributed by atoms with Gasteiger partial charge in [-0.3, -0.25) is 0 Å². The summed E-state index contributed by atoms with van der Waals surface area (Å²) in [4.78, 5) is 0. The molecule has 0 saturated heterocycles. The van der Waals surface area contributed by atoms with Crippen LogP contribution < -0.4 is 5.32 Å². The zero-order valence-electron chi connectivity index (χ0n) is 13.8. The molecule has 0 amide bonds. The maximum absolute atomic E-state index is 13.4. The number of hydrogen-bond acceptors (Lipinski definition) is 1. The van der Waals surface area contributed by atoms with Gasteiger partial charge in [0, 0.05) is 6.04 Å². The highest BCUT2D eigenvalue weighted by molar-refractivity contribution is 5.30. The first-order valence-electron chi connectivity index (χ1n) is 8.65. The Balaban J connectivity index is 2.14. The van der Waals surface area contributed by atoms with Crippen LogP contribution in [0.5, 0.6) is 0 Å². The smallest absolute Gasteiger partial charge is 0.123 e. The Bertz CT molecular complexity index is 435. The lowest BCUT2D eigenvalue weighted by Crippen LogP contribution is -2.32. The van der Waals surface area contributed by atoms with Crippen LogP contribution in [0.1, 0.15) is 69.5 Å². The van der Waals surface area contributed by atoms with E-state index in [4.69, 9.17) is 0 Å². The number of benzene rings is 1. The Hall–Kier alpha value is -0.890. The first-order chi connectivity index (χ1) is 10.2. The Morgan fingerprint density at radius 1 is 1.19 bits per heavy atom. The molecule has 1 fully saturated rings.